The largest absolute Gasteiger partial charge is 0.464 e. The lowest BCUT2D eigenvalue weighted by atomic mass is 9.98. The van der Waals surface area contributed by atoms with E-state index in [1.807, 2.05) is 24.3 Å². The van der Waals surface area contributed by atoms with Gasteiger partial charge in [0.25, 0.3) is 0 Å². The Morgan fingerprint density at radius 1 is 0.400 bits per heavy atom. The Bertz CT molecular complexity index is 1010. The van der Waals surface area contributed by atoms with E-state index in [1.165, 1.54) is 21.5 Å². The summed E-state index contributed by atoms with van der Waals surface area (Å²) in [6, 6.07) is 16.7. The lowest BCUT2D eigenvalue weighted by Gasteiger charge is -2.05. The van der Waals surface area contributed by atoms with Crippen molar-refractivity contribution < 1.29 is 8.83 Å². The van der Waals surface area contributed by atoms with Crippen LogP contribution in [0.25, 0.3) is 43.5 Å². The minimum Gasteiger partial charge on any atom is -0.464 e. The fourth-order valence-electron chi connectivity index (χ4n) is 3.13. The summed E-state index contributed by atoms with van der Waals surface area (Å²) in [5.41, 5.74) is 1.86. The minimum absolute atomic E-state index is 0.932. The second-order valence-electron chi connectivity index (χ2n) is 5.05. The first-order valence-electron chi connectivity index (χ1n) is 6.61. The summed E-state index contributed by atoms with van der Waals surface area (Å²) in [4.78, 5) is 0. The van der Waals surface area contributed by atoms with Crippen LogP contribution in [-0.2, 0) is 0 Å². The normalized spacial score (nSPS) is 12.0. The zero-order valence-corrected chi connectivity index (χ0v) is 10.6. The van der Waals surface area contributed by atoms with Gasteiger partial charge in [-0.15, -0.1) is 0 Å². The summed E-state index contributed by atoms with van der Waals surface area (Å²) >= 11 is 0. The van der Waals surface area contributed by atoms with Gasteiger partial charge in [-0.3, -0.25) is 0 Å². The number of rotatable bonds is 0. The predicted molar refractivity (Wildman–Crippen MR) is 81.0 cm³/mol. The number of furan rings is 2. The molecule has 0 N–H and O–H groups in total. The van der Waals surface area contributed by atoms with E-state index in [9.17, 15) is 0 Å². The van der Waals surface area contributed by atoms with E-state index in [0.717, 1.165) is 21.9 Å². The maximum absolute atomic E-state index is 5.48. The number of benzene rings is 3. The van der Waals surface area contributed by atoms with Crippen LogP contribution in [-0.4, -0.2) is 0 Å². The maximum Gasteiger partial charge on any atom is 0.134 e. The van der Waals surface area contributed by atoms with Crippen molar-refractivity contribution in [1.29, 1.82) is 0 Å². The van der Waals surface area contributed by atoms with Gasteiger partial charge in [-0.1, -0.05) is 24.3 Å². The molecule has 20 heavy (non-hydrogen) atoms. The van der Waals surface area contributed by atoms with Crippen LogP contribution in [0, 0.1) is 0 Å². The summed E-state index contributed by atoms with van der Waals surface area (Å²) in [6.07, 6.45) is 3.49. The molecule has 0 fully saturated rings. The number of fused-ring (bicyclic) bond motifs is 7. The fraction of sp³-hybridized carbons (Fsp3) is 0. The van der Waals surface area contributed by atoms with E-state index in [0.29, 0.717) is 0 Å². The molecule has 3 aromatic carbocycles. The van der Waals surface area contributed by atoms with Crippen molar-refractivity contribution >= 4 is 43.5 Å². The van der Waals surface area contributed by atoms with Crippen LogP contribution >= 0.6 is 0 Å². The van der Waals surface area contributed by atoms with Crippen LogP contribution in [0.2, 0.25) is 0 Å². The number of hydrogen-bond acceptors (Lipinski definition) is 2. The van der Waals surface area contributed by atoms with Gasteiger partial charge in [-0.2, -0.15) is 0 Å². The van der Waals surface area contributed by atoms with E-state index in [4.69, 9.17) is 8.83 Å². The fourth-order valence-corrected chi connectivity index (χ4v) is 3.13. The molecule has 5 rings (SSSR count). The summed E-state index contributed by atoms with van der Waals surface area (Å²) < 4.78 is 11.0. The Morgan fingerprint density at radius 3 is 1.30 bits per heavy atom. The highest BCUT2D eigenvalue weighted by molar-refractivity contribution is 6.21. The molecular formula is C18H10O2. The first kappa shape index (κ1) is 10.1. The van der Waals surface area contributed by atoms with Crippen molar-refractivity contribution in [2.75, 3.05) is 0 Å². The van der Waals surface area contributed by atoms with Gasteiger partial charge in [-0.25, -0.2) is 0 Å². The molecule has 0 aliphatic carbocycles. The molecule has 2 heterocycles. The van der Waals surface area contributed by atoms with Gasteiger partial charge in [0.2, 0.25) is 0 Å². The van der Waals surface area contributed by atoms with Gasteiger partial charge in [0.05, 0.1) is 12.5 Å². The van der Waals surface area contributed by atoms with Gasteiger partial charge in [0.15, 0.2) is 0 Å². The molecular weight excluding hydrogens is 248 g/mol. The van der Waals surface area contributed by atoms with Gasteiger partial charge in [0, 0.05) is 10.8 Å². The van der Waals surface area contributed by atoms with Crippen LogP contribution in [0.5, 0.6) is 0 Å². The lowest BCUT2D eigenvalue weighted by Crippen LogP contribution is -1.79. The average molecular weight is 258 g/mol. The quantitative estimate of drug-likeness (QED) is 0.343. The lowest BCUT2D eigenvalue weighted by molar-refractivity contribution is 0.615. The van der Waals surface area contributed by atoms with Crippen LogP contribution < -0.4 is 0 Å². The van der Waals surface area contributed by atoms with Crippen molar-refractivity contribution in [3.8, 4) is 0 Å². The van der Waals surface area contributed by atoms with Crippen molar-refractivity contribution in [3.63, 3.8) is 0 Å². The molecule has 2 heteroatoms. The molecule has 0 aliphatic heterocycles. The van der Waals surface area contributed by atoms with Crippen LogP contribution in [0.15, 0.2) is 69.9 Å². The van der Waals surface area contributed by atoms with E-state index >= 15 is 0 Å². The Balaban J connectivity index is 2.09. The third-order valence-electron chi connectivity index (χ3n) is 4.06. The summed E-state index contributed by atoms with van der Waals surface area (Å²) in [5.74, 6) is 0. The Hall–Kier alpha value is -2.74. The first-order chi connectivity index (χ1) is 9.92. The third-order valence-corrected chi connectivity index (χ3v) is 4.06. The van der Waals surface area contributed by atoms with Crippen LogP contribution in [0.4, 0.5) is 0 Å². The standard InChI is InChI=1S/C18H10O2/c1-2-14-12(4-6-18-16(14)8-10-20-18)11-3-5-17-15(13(1)11)7-9-19-17/h1-10H. The van der Waals surface area contributed by atoms with E-state index in [1.54, 1.807) is 12.5 Å². The van der Waals surface area contributed by atoms with Gasteiger partial charge in [-0.05, 0) is 45.8 Å². The molecule has 0 amide bonds. The molecule has 0 unspecified atom stereocenters. The van der Waals surface area contributed by atoms with Crippen molar-refractivity contribution in [2.24, 2.45) is 0 Å². The smallest absolute Gasteiger partial charge is 0.134 e. The zero-order valence-electron chi connectivity index (χ0n) is 10.6. The number of hydrogen-bond donors (Lipinski definition) is 0. The highest BCUT2D eigenvalue weighted by Gasteiger charge is 2.09. The molecule has 0 aliphatic rings. The molecule has 0 saturated carbocycles. The topological polar surface area (TPSA) is 26.3 Å². The third kappa shape index (κ3) is 1.14. The molecule has 0 bridgehead atoms. The Kier molecular flexibility index (Phi) is 1.73. The SMILES string of the molecule is c1cc2c(ccc3c2ccc2c4ccoc4ccc23)o1. The molecule has 2 aromatic heterocycles. The monoisotopic (exact) mass is 258 g/mol. The second-order valence-corrected chi connectivity index (χ2v) is 5.05. The Morgan fingerprint density at radius 2 is 0.800 bits per heavy atom. The van der Waals surface area contributed by atoms with E-state index < -0.39 is 0 Å². The van der Waals surface area contributed by atoms with Crippen molar-refractivity contribution in [1.82, 2.24) is 0 Å². The molecule has 0 saturated heterocycles. The Labute approximate surface area is 114 Å². The molecule has 5 aromatic rings. The molecule has 0 radical (unpaired) electrons. The van der Waals surface area contributed by atoms with Crippen molar-refractivity contribution in [2.45, 2.75) is 0 Å². The first-order valence-corrected chi connectivity index (χ1v) is 6.61. The van der Waals surface area contributed by atoms with E-state index in [2.05, 4.69) is 24.3 Å². The van der Waals surface area contributed by atoms with Gasteiger partial charge >= 0.3 is 0 Å². The average Bonchev–Trinajstić information content (AvgIpc) is 3.14. The summed E-state index contributed by atoms with van der Waals surface area (Å²) in [5, 5.41) is 7.28. The molecule has 2 nitrogen and oxygen atoms in total. The minimum atomic E-state index is 0.932. The maximum atomic E-state index is 5.48. The summed E-state index contributed by atoms with van der Waals surface area (Å²) in [7, 11) is 0. The van der Waals surface area contributed by atoms with Gasteiger partial charge in [0.1, 0.15) is 11.2 Å². The van der Waals surface area contributed by atoms with Crippen molar-refractivity contribution in [3.05, 3.63) is 61.1 Å². The highest BCUT2D eigenvalue weighted by Crippen LogP contribution is 2.35. The van der Waals surface area contributed by atoms with E-state index in [-0.39, 0.29) is 0 Å². The highest BCUT2D eigenvalue weighted by atomic mass is 16.3. The molecule has 0 spiro atoms. The zero-order chi connectivity index (χ0) is 13.1. The van der Waals surface area contributed by atoms with Crippen LogP contribution in [0.3, 0.4) is 0 Å². The molecule has 0 atom stereocenters. The van der Waals surface area contributed by atoms with Gasteiger partial charge < -0.3 is 8.83 Å². The molecule has 94 valence electrons. The predicted octanol–water partition coefficient (Wildman–Crippen LogP) is 5.49. The second kappa shape index (κ2) is 3.42. The summed E-state index contributed by atoms with van der Waals surface area (Å²) in [6.45, 7) is 0. The van der Waals surface area contributed by atoms with Crippen LogP contribution in [0.1, 0.15) is 0 Å².